The summed E-state index contributed by atoms with van der Waals surface area (Å²) in [6.45, 7) is 3.78. The molecular formula is C19H19N3O2S. The van der Waals surface area contributed by atoms with E-state index in [-0.39, 0.29) is 4.90 Å². The molecule has 128 valence electrons. The molecule has 2 aromatic carbocycles. The van der Waals surface area contributed by atoms with Crippen LogP contribution >= 0.6 is 0 Å². The zero-order valence-corrected chi connectivity index (χ0v) is 14.8. The molecule has 25 heavy (non-hydrogen) atoms. The summed E-state index contributed by atoms with van der Waals surface area (Å²) in [5.41, 5.74) is 3.19. The molecule has 3 rings (SSSR count). The molecule has 0 spiro atoms. The van der Waals surface area contributed by atoms with Gasteiger partial charge in [-0.2, -0.15) is 0 Å². The molecule has 0 atom stereocenters. The molecular weight excluding hydrogens is 334 g/mol. The molecule has 0 bridgehead atoms. The van der Waals surface area contributed by atoms with Crippen molar-refractivity contribution >= 4 is 27.2 Å². The van der Waals surface area contributed by atoms with Gasteiger partial charge in [-0.05, 0) is 55.3 Å². The Kier molecular flexibility index (Phi) is 4.72. The van der Waals surface area contributed by atoms with Gasteiger partial charge in [-0.15, -0.1) is 0 Å². The first-order chi connectivity index (χ1) is 11.9. The average molecular weight is 353 g/mol. The number of nitrogens with zero attached hydrogens (tertiary/aromatic N) is 1. The van der Waals surface area contributed by atoms with Crippen LogP contribution in [-0.4, -0.2) is 13.4 Å². The van der Waals surface area contributed by atoms with Crippen LogP contribution in [0.4, 0.5) is 17.2 Å². The summed E-state index contributed by atoms with van der Waals surface area (Å²) in [6, 6.07) is 18.2. The van der Waals surface area contributed by atoms with E-state index in [1.807, 2.05) is 37.3 Å². The first kappa shape index (κ1) is 17.0. The molecule has 0 saturated carbocycles. The lowest BCUT2D eigenvalue weighted by atomic mass is 10.2. The third-order valence-electron chi connectivity index (χ3n) is 3.69. The van der Waals surface area contributed by atoms with Gasteiger partial charge in [-0.25, -0.2) is 13.4 Å². The highest BCUT2D eigenvalue weighted by Gasteiger charge is 2.16. The Bertz CT molecular complexity index is 984. The number of aryl methyl sites for hydroxylation is 2. The monoisotopic (exact) mass is 353 g/mol. The van der Waals surface area contributed by atoms with Crippen molar-refractivity contribution in [3.05, 3.63) is 78.0 Å². The second-order valence-electron chi connectivity index (χ2n) is 5.80. The van der Waals surface area contributed by atoms with Crippen LogP contribution in [0.1, 0.15) is 11.1 Å². The van der Waals surface area contributed by atoms with Crippen molar-refractivity contribution in [3.63, 3.8) is 0 Å². The molecule has 3 aromatic rings. The highest BCUT2D eigenvalue weighted by atomic mass is 32.2. The Labute approximate surface area is 147 Å². The van der Waals surface area contributed by atoms with Crippen LogP contribution in [0.5, 0.6) is 0 Å². The first-order valence-electron chi connectivity index (χ1n) is 7.82. The van der Waals surface area contributed by atoms with Crippen LogP contribution in [0.3, 0.4) is 0 Å². The van der Waals surface area contributed by atoms with Crippen LogP contribution in [0.25, 0.3) is 0 Å². The molecule has 1 heterocycles. The Morgan fingerprint density at radius 3 is 2.36 bits per heavy atom. The van der Waals surface area contributed by atoms with E-state index in [0.717, 1.165) is 11.3 Å². The fourth-order valence-corrected chi connectivity index (χ4v) is 3.76. The number of aromatic nitrogens is 1. The van der Waals surface area contributed by atoms with Gasteiger partial charge in [0.1, 0.15) is 5.82 Å². The van der Waals surface area contributed by atoms with E-state index in [0.29, 0.717) is 17.1 Å². The van der Waals surface area contributed by atoms with Crippen LogP contribution in [0.2, 0.25) is 0 Å². The predicted octanol–water partition coefficient (Wildman–Crippen LogP) is 4.24. The minimum Gasteiger partial charge on any atom is -0.340 e. The lowest BCUT2D eigenvalue weighted by Gasteiger charge is -2.11. The van der Waals surface area contributed by atoms with Crippen LogP contribution < -0.4 is 10.0 Å². The fourth-order valence-electron chi connectivity index (χ4n) is 2.47. The van der Waals surface area contributed by atoms with Crippen molar-refractivity contribution in [1.82, 2.24) is 4.98 Å². The van der Waals surface area contributed by atoms with Crippen molar-refractivity contribution in [2.75, 3.05) is 10.0 Å². The van der Waals surface area contributed by atoms with Crippen molar-refractivity contribution in [2.24, 2.45) is 0 Å². The second-order valence-corrected chi connectivity index (χ2v) is 7.45. The van der Waals surface area contributed by atoms with E-state index >= 15 is 0 Å². The van der Waals surface area contributed by atoms with E-state index in [9.17, 15) is 8.42 Å². The zero-order chi connectivity index (χ0) is 17.9. The van der Waals surface area contributed by atoms with Gasteiger partial charge in [-0.3, -0.25) is 4.72 Å². The van der Waals surface area contributed by atoms with E-state index in [1.54, 1.807) is 37.3 Å². The van der Waals surface area contributed by atoms with Crippen molar-refractivity contribution in [2.45, 2.75) is 18.7 Å². The largest absolute Gasteiger partial charge is 0.340 e. The summed E-state index contributed by atoms with van der Waals surface area (Å²) in [5, 5.41) is 3.19. The van der Waals surface area contributed by atoms with E-state index in [4.69, 9.17) is 0 Å². The highest BCUT2D eigenvalue weighted by Crippen LogP contribution is 2.21. The molecule has 1 aromatic heterocycles. The van der Waals surface area contributed by atoms with Gasteiger partial charge in [0.25, 0.3) is 10.0 Å². The fraction of sp³-hybridized carbons (Fsp3) is 0.105. The number of anilines is 3. The Hall–Kier alpha value is -2.86. The minimum absolute atomic E-state index is 0.261. The van der Waals surface area contributed by atoms with Crippen LogP contribution in [0, 0.1) is 13.8 Å². The van der Waals surface area contributed by atoms with Crippen molar-refractivity contribution in [3.8, 4) is 0 Å². The van der Waals surface area contributed by atoms with Crippen molar-refractivity contribution in [1.29, 1.82) is 0 Å². The van der Waals surface area contributed by atoms with E-state index in [2.05, 4.69) is 15.0 Å². The van der Waals surface area contributed by atoms with Gasteiger partial charge in [0.15, 0.2) is 0 Å². The van der Waals surface area contributed by atoms with Crippen LogP contribution in [-0.2, 0) is 10.0 Å². The molecule has 0 saturated heterocycles. The Morgan fingerprint density at radius 2 is 1.68 bits per heavy atom. The second kappa shape index (κ2) is 6.94. The van der Waals surface area contributed by atoms with Gasteiger partial charge in [0.2, 0.25) is 0 Å². The molecule has 0 aliphatic heterocycles. The third kappa shape index (κ3) is 4.16. The topological polar surface area (TPSA) is 71.1 Å². The molecule has 5 nitrogen and oxygen atoms in total. The normalized spacial score (nSPS) is 11.1. The molecule has 0 radical (unpaired) electrons. The number of hydrogen-bond acceptors (Lipinski definition) is 4. The van der Waals surface area contributed by atoms with Gasteiger partial charge in [0, 0.05) is 5.69 Å². The average Bonchev–Trinajstić information content (AvgIpc) is 2.57. The molecule has 6 heteroatoms. The highest BCUT2D eigenvalue weighted by molar-refractivity contribution is 7.92. The quantitative estimate of drug-likeness (QED) is 0.719. The number of pyridine rings is 1. The standard InChI is InChI=1S/C19H19N3O2S/c1-14-6-5-8-16(12-14)21-19-11-10-17(13-20-19)22-25(23,24)18-9-4-3-7-15(18)2/h3-13,22H,1-2H3,(H,20,21). The maximum atomic E-state index is 12.5. The predicted molar refractivity (Wildman–Crippen MR) is 101 cm³/mol. The minimum atomic E-state index is -3.63. The van der Waals surface area contributed by atoms with Gasteiger partial charge in [0.05, 0.1) is 16.8 Å². The number of nitrogens with one attached hydrogen (secondary N) is 2. The van der Waals surface area contributed by atoms with E-state index in [1.165, 1.54) is 6.20 Å². The number of rotatable bonds is 5. The molecule has 2 N–H and O–H groups in total. The summed E-state index contributed by atoms with van der Waals surface area (Å²) in [4.78, 5) is 4.53. The molecule has 0 amide bonds. The van der Waals surface area contributed by atoms with E-state index < -0.39 is 10.0 Å². The lowest BCUT2D eigenvalue weighted by Crippen LogP contribution is -2.14. The maximum absolute atomic E-state index is 12.5. The summed E-state index contributed by atoms with van der Waals surface area (Å²) < 4.78 is 27.5. The first-order valence-corrected chi connectivity index (χ1v) is 9.30. The number of benzene rings is 2. The number of hydrogen-bond donors (Lipinski definition) is 2. The molecule has 0 fully saturated rings. The Morgan fingerprint density at radius 1 is 0.880 bits per heavy atom. The molecule has 0 unspecified atom stereocenters. The lowest BCUT2D eigenvalue weighted by molar-refractivity contribution is 0.600. The van der Waals surface area contributed by atoms with Gasteiger partial charge >= 0.3 is 0 Å². The Balaban J connectivity index is 1.75. The zero-order valence-electron chi connectivity index (χ0n) is 14.0. The summed E-state index contributed by atoms with van der Waals surface area (Å²) in [5.74, 6) is 0.643. The van der Waals surface area contributed by atoms with Gasteiger partial charge in [-0.1, -0.05) is 30.3 Å². The molecule has 0 aliphatic carbocycles. The van der Waals surface area contributed by atoms with Crippen LogP contribution in [0.15, 0.2) is 71.8 Å². The van der Waals surface area contributed by atoms with Gasteiger partial charge < -0.3 is 5.32 Å². The molecule has 0 aliphatic rings. The smallest absolute Gasteiger partial charge is 0.262 e. The number of sulfonamides is 1. The van der Waals surface area contributed by atoms with Crippen molar-refractivity contribution < 1.29 is 8.42 Å². The summed E-state index contributed by atoms with van der Waals surface area (Å²) in [7, 11) is -3.63. The SMILES string of the molecule is Cc1cccc(Nc2ccc(NS(=O)(=O)c3ccccc3C)cn2)c1. The maximum Gasteiger partial charge on any atom is 0.262 e. The third-order valence-corrected chi connectivity index (χ3v) is 5.23. The summed E-state index contributed by atoms with van der Waals surface area (Å²) >= 11 is 0. The summed E-state index contributed by atoms with van der Waals surface area (Å²) in [6.07, 6.45) is 1.49.